The highest BCUT2D eigenvalue weighted by atomic mass is 35.5. The molecule has 4 rings (SSSR count). The van der Waals surface area contributed by atoms with Gasteiger partial charge in [0.1, 0.15) is 11.6 Å². The zero-order valence-electron chi connectivity index (χ0n) is 19.5. The van der Waals surface area contributed by atoms with Crippen LogP contribution in [0.15, 0.2) is 47.4 Å². The summed E-state index contributed by atoms with van der Waals surface area (Å²) in [4.78, 5) is 30.0. The van der Waals surface area contributed by atoms with E-state index in [-0.39, 0.29) is 23.0 Å². The molecule has 1 aliphatic rings. The highest BCUT2D eigenvalue weighted by Gasteiger charge is 2.32. The van der Waals surface area contributed by atoms with Gasteiger partial charge in [0.15, 0.2) is 5.79 Å². The van der Waals surface area contributed by atoms with Crippen LogP contribution in [0.25, 0.3) is 10.8 Å². The lowest BCUT2D eigenvalue weighted by molar-refractivity contribution is -0.263. The van der Waals surface area contributed by atoms with Gasteiger partial charge in [-0.3, -0.25) is 4.79 Å². The average Bonchev–Trinajstić information content (AvgIpc) is 2.80. The Hall–Kier alpha value is -3.01. The van der Waals surface area contributed by atoms with Gasteiger partial charge in [-0.25, -0.2) is 13.6 Å². The number of anilines is 1. The molecular weight excluding hydrogens is 480 g/mol. The zero-order valence-corrected chi connectivity index (χ0v) is 20.3. The summed E-state index contributed by atoms with van der Waals surface area (Å²) < 4.78 is 39.2. The molecule has 35 heavy (non-hydrogen) atoms. The summed E-state index contributed by atoms with van der Waals surface area (Å²) in [6.45, 7) is 6.39. The average molecular weight is 506 g/mol. The monoisotopic (exact) mass is 505 g/mol. The molecule has 186 valence electrons. The van der Waals surface area contributed by atoms with Crippen LogP contribution in [-0.4, -0.2) is 41.5 Å². The van der Waals surface area contributed by atoms with E-state index < -0.39 is 29.5 Å². The van der Waals surface area contributed by atoms with Crippen LogP contribution in [0.5, 0.6) is 0 Å². The normalized spacial score (nSPS) is 16.7. The number of rotatable bonds is 5. The van der Waals surface area contributed by atoms with Gasteiger partial charge in [-0.05, 0) is 68.1 Å². The summed E-state index contributed by atoms with van der Waals surface area (Å²) in [5.74, 6) is -1.95. The highest BCUT2D eigenvalue weighted by molar-refractivity contribution is 6.31. The van der Waals surface area contributed by atoms with E-state index in [2.05, 4.69) is 10.3 Å². The van der Waals surface area contributed by atoms with Crippen molar-refractivity contribution in [3.8, 4) is 0 Å². The number of aromatic amines is 1. The number of hydrogen-bond acceptors (Lipinski definition) is 4. The first-order valence-electron chi connectivity index (χ1n) is 11.2. The number of nitrogens with zero attached hydrogens (tertiary/aromatic N) is 1. The third-order valence-electron chi connectivity index (χ3n) is 6.03. The molecule has 0 unspecified atom stereocenters. The number of pyridine rings is 1. The van der Waals surface area contributed by atoms with Crippen molar-refractivity contribution >= 4 is 34.1 Å². The van der Waals surface area contributed by atoms with Gasteiger partial charge in [0.25, 0.3) is 5.56 Å². The second-order valence-electron chi connectivity index (χ2n) is 9.04. The number of carbonyl (C=O) groups excluding carboxylic acids is 1. The Morgan fingerprint density at radius 1 is 1.20 bits per heavy atom. The SMILES string of the molecule is C[C@H](c1c[nH]c(=O)c2ccc(F)cc12)N(CC1COC(C)(C)OC1)C(=O)Nc1ccc(F)c(Cl)c1. The number of H-pyrrole nitrogens is 1. The second kappa shape index (κ2) is 9.93. The van der Waals surface area contributed by atoms with E-state index in [1.165, 1.54) is 36.5 Å². The minimum atomic E-state index is -0.716. The van der Waals surface area contributed by atoms with Crippen LogP contribution in [0.4, 0.5) is 19.3 Å². The van der Waals surface area contributed by atoms with Gasteiger partial charge in [0.2, 0.25) is 0 Å². The molecule has 10 heteroatoms. The fraction of sp³-hybridized carbons (Fsp3) is 0.360. The van der Waals surface area contributed by atoms with Gasteiger partial charge in [0, 0.05) is 29.7 Å². The first-order chi connectivity index (χ1) is 16.5. The van der Waals surface area contributed by atoms with Crippen molar-refractivity contribution in [1.82, 2.24) is 9.88 Å². The third-order valence-corrected chi connectivity index (χ3v) is 6.32. The quantitative estimate of drug-likeness (QED) is 0.482. The van der Waals surface area contributed by atoms with Gasteiger partial charge in [-0.1, -0.05) is 11.6 Å². The molecule has 1 aliphatic heterocycles. The number of fused-ring (bicyclic) bond motifs is 1. The third kappa shape index (κ3) is 5.63. The van der Waals surface area contributed by atoms with Crippen LogP contribution >= 0.6 is 11.6 Å². The van der Waals surface area contributed by atoms with Crippen molar-refractivity contribution in [3.63, 3.8) is 0 Å². The minimum Gasteiger partial charge on any atom is -0.350 e. The fourth-order valence-corrected chi connectivity index (χ4v) is 4.24. The second-order valence-corrected chi connectivity index (χ2v) is 9.45. The van der Waals surface area contributed by atoms with E-state index in [1.807, 2.05) is 13.8 Å². The fourth-order valence-electron chi connectivity index (χ4n) is 4.06. The van der Waals surface area contributed by atoms with Crippen LogP contribution in [0.3, 0.4) is 0 Å². The van der Waals surface area contributed by atoms with Gasteiger partial charge in [-0.2, -0.15) is 0 Å². The first-order valence-corrected chi connectivity index (χ1v) is 11.5. The van der Waals surface area contributed by atoms with Crippen molar-refractivity contribution < 1.29 is 23.0 Å². The Labute approximate surface area is 206 Å². The number of hydrogen-bond donors (Lipinski definition) is 2. The smallest absolute Gasteiger partial charge is 0.322 e. The molecule has 2 N–H and O–H groups in total. The number of aromatic nitrogens is 1. The molecular formula is C25H26ClF2N3O4. The maximum atomic E-state index is 14.1. The zero-order chi connectivity index (χ0) is 25.3. The summed E-state index contributed by atoms with van der Waals surface area (Å²) >= 11 is 5.87. The lowest BCUT2D eigenvalue weighted by atomic mass is 10.00. The lowest BCUT2D eigenvalue weighted by Gasteiger charge is -2.38. The Kier molecular flexibility index (Phi) is 7.12. The number of carbonyl (C=O) groups is 1. The molecule has 2 aromatic carbocycles. The number of ether oxygens (including phenoxy) is 2. The number of urea groups is 1. The molecule has 7 nitrogen and oxygen atoms in total. The number of amides is 2. The predicted octanol–water partition coefficient (Wildman–Crippen LogP) is 5.45. The molecule has 1 saturated heterocycles. The summed E-state index contributed by atoms with van der Waals surface area (Å²) in [6.07, 6.45) is 1.49. The first kappa shape index (κ1) is 25.1. The largest absolute Gasteiger partial charge is 0.350 e. The van der Waals surface area contributed by atoms with E-state index in [0.29, 0.717) is 35.2 Å². The lowest BCUT2D eigenvalue weighted by Crippen LogP contribution is -2.47. The van der Waals surface area contributed by atoms with Crippen LogP contribution < -0.4 is 10.9 Å². The highest BCUT2D eigenvalue weighted by Crippen LogP contribution is 2.30. The van der Waals surface area contributed by atoms with Crippen LogP contribution in [0, 0.1) is 17.6 Å². The molecule has 3 aromatic rings. The van der Waals surface area contributed by atoms with E-state index in [1.54, 1.807) is 11.8 Å². The minimum absolute atomic E-state index is 0.124. The van der Waals surface area contributed by atoms with Crippen molar-refractivity contribution in [2.45, 2.75) is 32.6 Å². The van der Waals surface area contributed by atoms with E-state index in [9.17, 15) is 18.4 Å². The molecule has 1 aromatic heterocycles. The van der Waals surface area contributed by atoms with Crippen LogP contribution in [-0.2, 0) is 9.47 Å². The molecule has 2 amide bonds. The standard InChI is InChI=1S/C25H26ClF2N3O4/c1-14(20-10-29-23(32)18-6-4-16(27)8-19(18)20)31(11-15-12-34-25(2,3)35-13-15)24(33)30-17-5-7-22(28)21(26)9-17/h4-10,14-15H,11-13H2,1-3H3,(H,29,32)(H,30,33)/t14-/m1/s1. The summed E-state index contributed by atoms with van der Waals surface area (Å²) in [5, 5.41) is 3.34. The number of halogens is 3. The van der Waals surface area contributed by atoms with E-state index >= 15 is 0 Å². The topological polar surface area (TPSA) is 83.7 Å². The van der Waals surface area contributed by atoms with Gasteiger partial charge in [-0.15, -0.1) is 0 Å². The van der Waals surface area contributed by atoms with Crippen molar-refractivity contribution in [2.24, 2.45) is 5.92 Å². The van der Waals surface area contributed by atoms with Crippen molar-refractivity contribution in [1.29, 1.82) is 0 Å². The predicted molar refractivity (Wildman–Crippen MR) is 130 cm³/mol. The molecule has 0 aliphatic carbocycles. The Bertz CT molecular complexity index is 1300. The molecule has 1 atom stereocenters. The van der Waals surface area contributed by atoms with Gasteiger partial charge >= 0.3 is 6.03 Å². The molecule has 1 fully saturated rings. The number of nitrogens with one attached hydrogen (secondary N) is 2. The Balaban J connectivity index is 1.68. The molecule has 2 heterocycles. The molecule has 0 bridgehead atoms. The van der Waals surface area contributed by atoms with E-state index in [0.717, 1.165) is 6.07 Å². The molecule has 0 radical (unpaired) electrons. The van der Waals surface area contributed by atoms with Crippen LogP contribution in [0.1, 0.15) is 32.4 Å². The van der Waals surface area contributed by atoms with Gasteiger partial charge < -0.3 is 24.7 Å². The Morgan fingerprint density at radius 3 is 2.60 bits per heavy atom. The summed E-state index contributed by atoms with van der Waals surface area (Å²) in [7, 11) is 0. The summed E-state index contributed by atoms with van der Waals surface area (Å²) in [5.41, 5.74) is 0.516. The molecule has 0 spiro atoms. The van der Waals surface area contributed by atoms with Crippen molar-refractivity contribution in [2.75, 3.05) is 25.1 Å². The summed E-state index contributed by atoms with van der Waals surface area (Å²) in [6, 6.07) is 6.72. The molecule has 0 saturated carbocycles. The van der Waals surface area contributed by atoms with E-state index in [4.69, 9.17) is 21.1 Å². The van der Waals surface area contributed by atoms with Crippen molar-refractivity contribution in [3.05, 3.63) is 75.2 Å². The van der Waals surface area contributed by atoms with Crippen LogP contribution in [0.2, 0.25) is 5.02 Å². The number of benzene rings is 2. The van der Waals surface area contributed by atoms with Gasteiger partial charge in [0.05, 0.1) is 24.3 Å². The Morgan fingerprint density at radius 2 is 1.91 bits per heavy atom. The maximum absolute atomic E-state index is 14.1. The maximum Gasteiger partial charge on any atom is 0.322 e.